The van der Waals surface area contributed by atoms with Crippen LogP contribution in [0.25, 0.3) is 0 Å². The summed E-state index contributed by atoms with van der Waals surface area (Å²) in [5.41, 5.74) is 5.64. The minimum atomic E-state index is 0.256. The van der Waals surface area contributed by atoms with Gasteiger partial charge in [-0.1, -0.05) is 29.8 Å². The third-order valence-corrected chi connectivity index (χ3v) is 4.48. The first-order valence-electron chi connectivity index (χ1n) is 6.74. The van der Waals surface area contributed by atoms with E-state index in [1.54, 1.807) is 11.3 Å². The monoisotopic (exact) mass is 275 g/mol. The van der Waals surface area contributed by atoms with Gasteiger partial charge >= 0.3 is 0 Å². The fourth-order valence-electron chi connectivity index (χ4n) is 2.33. The smallest absolute Gasteiger partial charge is 0.0797 e. The van der Waals surface area contributed by atoms with E-state index in [4.69, 9.17) is 0 Å². The van der Waals surface area contributed by atoms with Crippen molar-refractivity contribution in [3.8, 4) is 0 Å². The van der Waals surface area contributed by atoms with Crippen LogP contribution in [0.15, 0.2) is 29.8 Å². The van der Waals surface area contributed by atoms with Crippen LogP contribution in [0.1, 0.15) is 28.1 Å². The number of hydrogen-bond donors (Lipinski definition) is 1. The van der Waals surface area contributed by atoms with Gasteiger partial charge < -0.3 is 5.11 Å². The third kappa shape index (κ3) is 4.15. The summed E-state index contributed by atoms with van der Waals surface area (Å²) >= 11 is 1.72. The highest BCUT2D eigenvalue weighted by Crippen LogP contribution is 2.20. The quantitative estimate of drug-likeness (QED) is 0.874. The maximum atomic E-state index is 9.54. The van der Waals surface area contributed by atoms with E-state index in [0.29, 0.717) is 5.92 Å². The fraction of sp³-hybridized carbons (Fsp3) is 0.438. The summed E-state index contributed by atoms with van der Waals surface area (Å²) in [5, 5.41) is 9.54. The van der Waals surface area contributed by atoms with Crippen LogP contribution in [0.3, 0.4) is 0 Å². The van der Waals surface area contributed by atoms with Crippen LogP contribution in [0.2, 0.25) is 0 Å². The minimum absolute atomic E-state index is 0.256. The molecule has 0 aliphatic heterocycles. The van der Waals surface area contributed by atoms with Gasteiger partial charge in [-0.25, -0.2) is 4.98 Å². The first-order chi connectivity index (χ1) is 9.19. The lowest BCUT2D eigenvalue weighted by Gasteiger charge is -2.14. The van der Waals surface area contributed by atoms with E-state index in [1.165, 1.54) is 16.0 Å². The van der Waals surface area contributed by atoms with Crippen LogP contribution in [-0.2, 0) is 12.8 Å². The molecular weight excluding hydrogens is 254 g/mol. The largest absolute Gasteiger partial charge is 0.396 e. The van der Waals surface area contributed by atoms with E-state index in [9.17, 15) is 5.11 Å². The first kappa shape index (κ1) is 14.2. The van der Waals surface area contributed by atoms with Crippen molar-refractivity contribution < 1.29 is 5.11 Å². The molecule has 2 nitrogen and oxygen atoms in total. The molecule has 3 heteroatoms. The number of benzene rings is 1. The summed E-state index contributed by atoms with van der Waals surface area (Å²) in [6.07, 6.45) is 3.00. The molecule has 0 radical (unpaired) electrons. The Kier molecular flexibility index (Phi) is 5.11. The number of thiazole rings is 1. The molecule has 1 aromatic carbocycles. The van der Waals surface area contributed by atoms with Gasteiger partial charge in [-0.3, -0.25) is 0 Å². The lowest BCUT2D eigenvalue weighted by molar-refractivity contribution is 0.218. The van der Waals surface area contributed by atoms with Gasteiger partial charge in [0.1, 0.15) is 0 Å². The molecule has 2 aromatic rings. The standard InChI is InChI=1S/C16H21NOS/c1-12-4-3-5-14(8-12)9-15(10-18)6-7-16-13(2)17-11-19-16/h3-5,8,11,15,18H,6-7,9-10H2,1-2H3. The zero-order valence-corrected chi connectivity index (χ0v) is 12.4. The number of aromatic nitrogens is 1. The summed E-state index contributed by atoms with van der Waals surface area (Å²) in [6.45, 7) is 4.42. The molecule has 1 atom stereocenters. The van der Waals surface area contributed by atoms with Crippen LogP contribution in [0.4, 0.5) is 0 Å². The van der Waals surface area contributed by atoms with E-state index >= 15 is 0 Å². The molecule has 0 bridgehead atoms. The molecule has 1 unspecified atom stereocenters. The summed E-state index contributed by atoms with van der Waals surface area (Å²) in [5.74, 6) is 0.336. The van der Waals surface area contributed by atoms with Gasteiger partial charge in [0, 0.05) is 11.5 Å². The molecule has 2 rings (SSSR count). The van der Waals surface area contributed by atoms with Gasteiger partial charge in [-0.15, -0.1) is 11.3 Å². The van der Waals surface area contributed by atoms with E-state index in [2.05, 4.69) is 43.1 Å². The van der Waals surface area contributed by atoms with Crippen molar-refractivity contribution in [2.75, 3.05) is 6.61 Å². The first-order valence-corrected chi connectivity index (χ1v) is 7.62. The number of aryl methyl sites for hydroxylation is 3. The molecule has 0 fully saturated rings. The van der Waals surface area contributed by atoms with Crippen molar-refractivity contribution >= 4 is 11.3 Å². The minimum Gasteiger partial charge on any atom is -0.396 e. The highest BCUT2D eigenvalue weighted by molar-refractivity contribution is 7.09. The van der Waals surface area contributed by atoms with Crippen LogP contribution in [0.5, 0.6) is 0 Å². The molecule has 1 aromatic heterocycles. The molecule has 0 saturated carbocycles. The summed E-state index contributed by atoms with van der Waals surface area (Å²) in [6, 6.07) is 8.55. The van der Waals surface area contributed by atoms with Crippen molar-refractivity contribution in [1.82, 2.24) is 4.98 Å². The SMILES string of the molecule is Cc1cccc(CC(CO)CCc2scnc2C)c1. The Balaban J connectivity index is 1.92. The molecular formula is C16H21NOS. The average Bonchev–Trinajstić information content (AvgIpc) is 2.80. The lowest BCUT2D eigenvalue weighted by atomic mass is 9.94. The van der Waals surface area contributed by atoms with Gasteiger partial charge in [-0.05, 0) is 44.6 Å². The number of rotatable bonds is 6. The number of aliphatic hydroxyl groups excluding tert-OH is 1. The second kappa shape index (κ2) is 6.83. The molecule has 19 heavy (non-hydrogen) atoms. The third-order valence-electron chi connectivity index (χ3n) is 3.49. The molecule has 0 aliphatic rings. The lowest BCUT2D eigenvalue weighted by Crippen LogP contribution is -2.11. The second-order valence-corrected chi connectivity index (χ2v) is 6.08. The Bertz CT molecular complexity index is 521. The Morgan fingerprint density at radius 2 is 2.16 bits per heavy atom. The Morgan fingerprint density at radius 3 is 2.79 bits per heavy atom. The highest BCUT2D eigenvalue weighted by atomic mass is 32.1. The van der Waals surface area contributed by atoms with E-state index in [1.807, 2.05) is 5.51 Å². The Labute approximate surface area is 119 Å². The van der Waals surface area contributed by atoms with Gasteiger partial charge in [0.05, 0.1) is 11.2 Å². The van der Waals surface area contributed by atoms with Crippen LogP contribution in [0, 0.1) is 19.8 Å². The molecule has 1 N–H and O–H groups in total. The zero-order chi connectivity index (χ0) is 13.7. The van der Waals surface area contributed by atoms with Crippen molar-refractivity contribution in [3.05, 3.63) is 51.5 Å². The molecule has 0 spiro atoms. The van der Waals surface area contributed by atoms with Gasteiger partial charge in [-0.2, -0.15) is 0 Å². The topological polar surface area (TPSA) is 33.1 Å². The average molecular weight is 275 g/mol. The maximum Gasteiger partial charge on any atom is 0.0797 e. The number of hydrogen-bond acceptors (Lipinski definition) is 3. The number of aliphatic hydroxyl groups is 1. The summed E-state index contributed by atoms with van der Waals surface area (Å²) in [7, 11) is 0. The van der Waals surface area contributed by atoms with E-state index < -0.39 is 0 Å². The van der Waals surface area contributed by atoms with Crippen LogP contribution < -0.4 is 0 Å². The Hall–Kier alpha value is -1.19. The van der Waals surface area contributed by atoms with Crippen molar-refractivity contribution in [2.24, 2.45) is 5.92 Å². The predicted molar refractivity (Wildman–Crippen MR) is 80.6 cm³/mol. The highest BCUT2D eigenvalue weighted by Gasteiger charge is 2.11. The van der Waals surface area contributed by atoms with Gasteiger partial charge in [0.2, 0.25) is 0 Å². The maximum absolute atomic E-state index is 9.54. The predicted octanol–water partition coefficient (Wildman–Crippen LogP) is 3.54. The normalized spacial score (nSPS) is 12.6. The zero-order valence-electron chi connectivity index (χ0n) is 11.6. The number of nitrogens with zero attached hydrogens (tertiary/aromatic N) is 1. The van der Waals surface area contributed by atoms with Crippen molar-refractivity contribution in [1.29, 1.82) is 0 Å². The van der Waals surface area contributed by atoms with Crippen LogP contribution in [-0.4, -0.2) is 16.7 Å². The van der Waals surface area contributed by atoms with E-state index in [0.717, 1.165) is 25.0 Å². The molecule has 102 valence electrons. The molecule has 0 amide bonds. The summed E-state index contributed by atoms with van der Waals surface area (Å²) < 4.78 is 0. The van der Waals surface area contributed by atoms with Crippen LogP contribution >= 0.6 is 11.3 Å². The van der Waals surface area contributed by atoms with Crippen molar-refractivity contribution in [3.63, 3.8) is 0 Å². The molecule has 0 aliphatic carbocycles. The fourth-order valence-corrected chi connectivity index (χ4v) is 3.13. The molecule has 0 saturated heterocycles. The van der Waals surface area contributed by atoms with Crippen molar-refractivity contribution in [2.45, 2.75) is 33.1 Å². The van der Waals surface area contributed by atoms with Gasteiger partial charge in [0.15, 0.2) is 0 Å². The second-order valence-electron chi connectivity index (χ2n) is 5.14. The summed E-state index contributed by atoms with van der Waals surface area (Å²) in [4.78, 5) is 5.62. The van der Waals surface area contributed by atoms with Gasteiger partial charge in [0.25, 0.3) is 0 Å². The van der Waals surface area contributed by atoms with E-state index in [-0.39, 0.29) is 6.61 Å². The molecule has 1 heterocycles. The Morgan fingerprint density at radius 1 is 1.32 bits per heavy atom.